The second kappa shape index (κ2) is 4.75. The van der Waals surface area contributed by atoms with E-state index in [2.05, 4.69) is 15.9 Å². The first-order valence-electron chi connectivity index (χ1n) is 4.55. The predicted molar refractivity (Wildman–Crippen MR) is 58.2 cm³/mol. The van der Waals surface area contributed by atoms with Crippen molar-refractivity contribution in [3.63, 3.8) is 0 Å². The summed E-state index contributed by atoms with van der Waals surface area (Å²) >= 11 is 3.58. The maximum absolute atomic E-state index is 11.0. The van der Waals surface area contributed by atoms with Crippen LogP contribution >= 0.6 is 15.9 Å². The molecule has 1 rings (SSSR count). The lowest BCUT2D eigenvalue weighted by Crippen LogP contribution is -2.20. The Morgan fingerprint density at radius 3 is 2.42 bits per heavy atom. The molecule has 0 aromatic heterocycles. The Morgan fingerprint density at radius 1 is 1.42 bits per heavy atom. The van der Waals surface area contributed by atoms with Crippen LogP contribution in [0, 0.1) is 5.41 Å². The predicted octanol–water partition coefficient (Wildman–Crippen LogP) is 2.71. The highest BCUT2D eigenvalue weighted by Gasteiger charge is 2.32. The van der Waals surface area contributed by atoms with Gasteiger partial charge in [-0.3, -0.25) is 4.21 Å². The maximum atomic E-state index is 11.0. The summed E-state index contributed by atoms with van der Waals surface area (Å²) in [5.41, 5.74) is 0.492. The average molecular weight is 253 g/mol. The molecule has 0 N–H and O–H groups in total. The minimum atomic E-state index is -0.610. The van der Waals surface area contributed by atoms with E-state index in [0.717, 1.165) is 17.5 Å². The first-order valence-corrected chi connectivity index (χ1v) is 7.39. The summed E-state index contributed by atoms with van der Waals surface area (Å²) in [6, 6.07) is 0. The van der Waals surface area contributed by atoms with Crippen LogP contribution < -0.4 is 0 Å². The number of alkyl halides is 1. The molecule has 12 heavy (non-hydrogen) atoms. The summed E-state index contributed by atoms with van der Waals surface area (Å²) in [4.78, 5) is 0. The summed E-state index contributed by atoms with van der Waals surface area (Å²) in [6.07, 6.45) is 8.33. The maximum Gasteiger partial charge on any atom is 0.0237 e. The molecule has 0 heterocycles. The number of halogens is 1. The van der Waals surface area contributed by atoms with Gasteiger partial charge in [-0.05, 0) is 24.7 Å². The van der Waals surface area contributed by atoms with E-state index in [1.165, 1.54) is 25.7 Å². The Balaban J connectivity index is 2.39. The fourth-order valence-corrected chi connectivity index (χ4v) is 3.50. The standard InChI is InChI=1S/C9H17BrOS/c1-12(11)7-6-9(8-10)4-2-3-5-9/h2-8H2,1H3. The molecule has 0 radical (unpaired) electrons. The minimum Gasteiger partial charge on any atom is -0.260 e. The molecule has 1 unspecified atom stereocenters. The molecule has 1 atom stereocenters. The Bertz CT molecular complexity index is 164. The lowest BCUT2D eigenvalue weighted by atomic mass is 9.86. The van der Waals surface area contributed by atoms with Crippen molar-refractivity contribution in [2.24, 2.45) is 5.41 Å². The lowest BCUT2D eigenvalue weighted by Gasteiger charge is -2.25. The van der Waals surface area contributed by atoms with Crippen LogP contribution in [-0.2, 0) is 10.8 Å². The quantitative estimate of drug-likeness (QED) is 0.704. The van der Waals surface area contributed by atoms with E-state index in [4.69, 9.17) is 0 Å². The topological polar surface area (TPSA) is 17.1 Å². The normalized spacial score (nSPS) is 24.2. The molecule has 3 heteroatoms. The van der Waals surface area contributed by atoms with Crippen molar-refractivity contribution in [1.29, 1.82) is 0 Å². The molecule has 0 amide bonds. The molecule has 0 aromatic carbocycles. The monoisotopic (exact) mass is 252 g/mol. The summed E-state index contributed by atoms with van der Waals surface area (Å²) in [7, 11) is -0.610. The van der Waals surface area contributed by atoms with Gasteiger partial charge in [0.1, 0.15) is 0 Å². The van der Waals surface area contributed by atoms with E-state index in [1.807, 2.05) is 0 Å². The molecule has 0 bridgehead atoms. The highest BCUT2D eigenvalue weighted by Crippen LogP contribution is 2.42. The average Bonchev–Trinajstić information content (AvgIpc) is 2.50. The van der Waals surface area contributed by atoms with Gasteiger partial charge in [0.15, 0.2) is 0 Å². The van der Waals surface area contributed by atoms with Crippen LogP contribution in [0.4, 0.5) is 0 Å². The van der Waals surface area contributed by atoms with Crippen LogP contribution in [0.2, 0.25) is 0 Å². The number of hydrogen-bond donors (Lipinski definition) is 0. The molecule has 72 valence electrons. The first kappa shape index (κ1) is 10.7. The summed E-state index contributed by atoms with van der Waals surface area (Å²) in [5, 5.41) is 1.09. The van der Waals surface area contributed by atoms with Crippen molar-refractivity contribution >= 4 is 26.7 Å². The van der Waals surface area contributed by atoms with Crippen molar-refractivity contribution in [1.82, 2.24) is 0 Å². The molecule has 0 spiro atoms. The van der Waals surface area contributed by atoms with Crippen molar-refractivity contribution in [3.05, 3.63) is 0 Å². The van der Waals surface area contributed by atoms with Gasteiger partial charge >= 0.3 is 0 Å². The fraction of sp³-hybridized carbons (Fsp3) is 1.00. The second-order valence-corrected chi connectivity index (χ2v) is 5.98. The Morgan fingerprint density at radius 2 is 2.00 bits per heavy atom. The van der Waals surface area contributed by atoms with Gasteiger partial charge in [-0.2, -0.15) is 0 Å². The summed E-state index contributed by atoms with van der Waals surface area (Å²) in [6.45, 7) is 0. The molecular formula is C9H17BrOS. The van der Waals surface area contributed by atoms with Crippen LogP contribution in [0.25, 0.3) is 0 Å². The molecule has 1 fully saturated rings. The smallest absolute Gasteiger partial charge is 0.0237 e. The fourth-order valence-electron chi connectivity index (χ4n) is 1.94. The highest BCUT2D eigenvalue weighted by atomic mass is 79.9. The van der Waals surface area contributed by atoms with Gasteiger partial charge in [-0.15, -0.1) is 0 Å². The molecule has 0 aliphatic heterocycles. The summed E-state index contributed by atoms with van der Waals surface area (Å²) in [5.74, 6) is 0.881. The van der Waals surface area contributed by atoms with Gasteiger partial charge in [-0.25, -0.2) is 0 Å². The van der Waals surface area contributed by atoms with E-state index in [0.29, 0.717) is 5.41 Å². The molecule has 1 aliphatic rings. The lowest BCUT2D eigenvalue weighted by molar-refractivity contribution is 0.337. The van der Waals surface area contributed by atoms with Gasteiger partial charge in [-0.1, -0.05) is 28.8 Å². The van der Waals surface area contributed by atoms with Gasteiger partial charge in [0.05, 0.1) is 0 Å². The largest absolute Gasteiger partial charge is 0.260 e. The number of hydrogen-bond acceptors (Lipinski definition) is 1. The highest BCUT2D eigenvalue weighted by molar-refractivity contribution is 9.09. The Labute approximate surface area is 85.9 Å². The zero-order valence-corrected chi connectivity index (χ0v) is 10.0. The van der Waals surface area contributed by atoms with E-state index in [-0.39, 0.29) is 0 Å². The molecule has 1 saturated carbocycles. The van der Waals surface area contributed by atoms with Crippen LogP contribution in [0.3, 0.4) is 0 Å². The molecule has 1 aliphatic carbocycles. The van der Waals surface area contributed by atoms with E-state index >= 15 is 0 Å². The third-order valence-corrected chi connectivity index (χ3v) is 4.84. The summed E-state index contributed by atoms with van der Waals surface area (Å²) < 4.78 is 11.0. The van der Waals surface area contributed by atoms with Crippen LogP contribution in [0.1, 0.15) is 32.1 Å². The first-order chi connectivity index (χ1) is 5.68. The van der Waals surface area contributed by atoms with Gasteiger partial charge in [0.25, 0.3) is 0 Å². The van der Waals surface area contributed by atoms with Crippen LogP contribution in [0.5, 0.6) is 0 Å². The van der Waals surface area contributed by atoms with Crippen molar-refractivity contribution in [2.75, 3.05) is 17.3 Å². The van der Waals surface area contributed by atoms with Crippen LogP contribution in [-0.4, -0.2) is 21.5 Å². The van der Waals surface area contributed by atoms with Crippen molar-refractivity contribution in [3.8, 4) is 0 Å². The molecule has 0 saturated heterocycles. The zero-order valence-electron chi connectivity index (χ0n) is 7.64. The molecular weight excluding hydrogens is 236 g/mol. The van der Waals surface area contributed by atoms with Gasteiger partial charge in [0, 0.05) is 28.1 Å². The van der Waals surface area contributed by atoms with Crippen LogP contribution in [0.15, 0.2) is 0 Å². The third kappa shape index (κ3) is 2.84. The van der Waals surface area contributed by atoms with E-state index in [1.54, 1.807) is 6.26 Å². The second-order valence-electron chi connectivity index (χ2n) is 3.87. The molecule has 0 aromatic rings. The van der Waals surface area contributed by atoms with Gasteiger partial charge < -0.3 is 0 Å². The SMILES string of the molecule is CS(=O)CCC1(CBr)CCCC1. The van der Waals surface area contributed by atoms with E-state index in [9.17, 15) is 4.21 Å². The van der Waals surface area contributed by atoms with Gasteiger partial charge in [0.2, 0.25) is 0 Å². The molecule has 1 nitrogen and oxygen atoms in total. The third-order valence-electron chi connectivity index (χ3n) is 2.87. The number of rotatable bonds is 4. The Hall–Kier alpha value is 0.630. The minimum absolute atomic E-state index is 0.492. The van der Waals surface area contributed by atoms with Crippen molar-refractivity contribution in [2.45, 2.75) is 32.1 Å². The van der Waals surface area contributed by atoms with E-state index < -0.39 is 10.8 Å². The zero-order chi connectivity index (χ0) is 9.03. The van der Waals surface area contributed by atoms with Crippen molar-refractivity contribution < 1.29 is 4.21 Å². The Kier molecular flexibility index (Phi) is 4.24.